The van der Waals surface area contributed by atoms with E-state index in [9.17, 15) is 0 Å². The van der Waals surface area contributed by atoms with E-state index in [4.69, 9.17) is 15.8 Å². The van der Waals surface area contributed by atoms with Gasteiger partial charge in [0.05, 0.1) is 11.0 Å². The Kier molecular flexibility index (Phi) is 7.92. The molecule has 0 fully saturated rings. The standard InChI is InChI=1S/C27H36N6/c1-3-5-9-17-29-18-20-13-15-21(16-14-20)19-33-24(12-6-4-2)31-25-26(33)22-10-7-8-11-23(22)30-27(25)32-28/h7-8,10-11,13-16,29H,3-6,9,12,17-19,28H2,1-2H3,(H,30,32). The minimum absolute atomic E-state index is 0.629. The van der Waals surface area contributed by atoms with Crippen LogP contribution in [0.5, 0.6) is 0 Å². The van der Waals surface area contributed by atoms with Crippen LogP contribution in [0, 0.1) is 0 Å². The van der Waals surface area contributed by atoms with E-state index in [2.05, 4.69) is 65.6 Å². The number of aryl methyl sites for hydroxylation is 1. The smallest absolute Gasteiger partial charge is 0.168 e. The topological polar surface area (TPSA) is 80.8 Å². The third kappa shape index (κ3) is 5.34. The molecule has 0 saturated heterocycles. The molecular weight excluding hydrogens is 408 g/mol. The van der Waals surface area contributed by atoms with E-state index in [1.165, 1.54) is 30.4 Å². The van der Waals surface area contributed by atoms with Gasteiger partial charge in [0, 0.05) is 24.9 Å². The number of benzene rings is 2. The average Bonchev–Trinajstić information content (AvgIpc) is 3.21. The van der Waals surface area contributed by atoms with Gasteiger partial charge in [0.25, 0.3) is 0 Å². The Hall–Kier alpha value is -2.96. The Morgan fingerprint density at radius 3 is 2.39 bits per heavy atom. The molecule has 6 nitrogen and oxygen atoms in total. The van der Waals surface area contributed by atoms with Gasteiger partial charge >= 0.3 is 0 Å². The highest BCUT2D eigenvalue weighted by molar-refractivity contribution is 6.07. The molecule has 0 atom stereocenters. The molecule has 0 aliphatic rings. The first-order chi connectivity index (χ1) is 16.2. The lowest BCUT2D eigenvalue weighted by Crippen LogP contribution is -2.14. The number of aromatic nitrogens is 3. The van der Waals surface area contributed by atoms with E-state index in [0.717, 1.165) is 66.7 Å². The van der Waals surface area contributed by atoms with Crippen molar-refractivity contribution in [3.05, 3.63) is 65.5 Å². The fourth-order valence-electron chi connectivity index (χ4n) is 4.36. The maximum atomic E-state index is 5.83. The SMILES string of the molecule is CCCCCNCc1ccc(Cn2c(CCCC)nc3c(NN)nc4ccccc4c32)cc1. The van der Waals surface area contributed by atoms with Crippen molar-refractivity contribution >= 4 is 27.8 Å². The number of rotatable bonds is 12. The molecule has 2 heterocycles. The molecule has 2 aromatic carbocycles. The van der Waals surface area contributed by atoms with Crippen molar-refractivity contribution < 1.29 is 0 Å². The van der Waals surface area contributed by atoms with Crippen LogP contribution in [0.4, 0.5) is 5.82 Å². The van der Waals surface area contributed by atoms with Gasteiger partial charge in [-0.25, -0.2) is 15.8 Å². The predicted octanol–water partition coefficient (Wildman–Crippen LogP) is 5.54. The fourth-order valence-corrected chi connectivity index (χ4v) is 4.36. The van der Waals surface area contributed by atoms with E-state index in [-0.39, 0.29) is 0 Å². The summed E-state index contributed by atoms with van der Waals surface area (Å²) < 4.78 is 2.36. The number of hydrogen-bond donors (Lipinski definition) is 3. The summed E-state index contributed by atoms with van der Waals surface area (Å²) in [4.78, 5) is 9.70. The molecule has 0 unspecified atom stereocenters. The third-order valence-electron chi connectivity index (χ3n) is 6.20. The van der Waals surface area contributed by atoms with Crippen LogP contribution >= 0.6 is 0 Å². The lowest BCUT2D eigenvalue weighted by atomic mass is 10.1. The Labute approximate surface area is 196 Å². The molecule has 0 aliphatic carbocycles. The summed E-state index contributed by atoms with van der Waals surface area (Å²) in [6.45, 7) is 7.23. The summed E-state index contributed by atoms with van der Waals surface area (Å²) in [6, 6.07) is 17.2. The summed E-state index contributed by atoms with van der Waals surface area (Å²) in [5.74, 6) is 7.55. The van der Waals surface area contributed by atoms with Gasteiger partial charge in [0.15, 0.2) is 5.82 Å². The highest BCUT2D eigenvalue weighted by atomic mass is 15.3. The summed E-state index contributed by atoms with van der Waals surface area (Å²) in [5.41, 5.74) is 8.22. The second kappa shape index (κ2) is 11.3. The number of nitrogens with two attached hydrogens (primary N) is 1. The van der Waals surface area contributed by atoms with Crippen molar-refractivity contribution in [2.45, 2.75) is 65.5 Å². The van der Waals surface area contributed by atoms with Crippen LogP contribution in [-0.4, -0.2) is 21.1 Å². The van der Waals surface area contributed by atoms with Gasteiger partial charge in [-0.05, 0) is 36.6 Å². The first-order valence-electron chi connectivity index (χ1n) is 12.3. The van der Waals surface area contributed by atoms with Gasteiger partial charge in [-0.2, -0.15) is 0 Å². The number of anilines is 1. The normalized spacial score (nSPS) is 11.5. The van der Waals surface area contributed by atoms with E-state index in [1.807, 2.05) is 12.1 Å². The second-order valence-electron chi connectivity index (χ2n) is 8.74. The molecule has 33 heavy (non-hydrogen) atoms. The Morgan fingerprint density at radius 2 is 1.64 bits per heavy atom. The molecule has 174 valence electrons. The Bertz CT molecular complexity index is 1180. The molecule has 4 aromatic rings. The highest BCUT2D eigenvalue weighted by Gasteiger charge is 2.18. The molecule has 0 bridgehead atoms. The van der Waals surface area contributed by atoms with Crippen molar-refractivity contribution in [3.8, 4) is 0 Å². The van der Waals surface area contributed by atoms with Crippen molar-refractivity contribution in [2.24, 2.45) is 5.84 Å². The Morgan fingerprint density at radius 1 is 0.879 bits per heavy atom. The molecule has 4 rings (SSSR count). The van der Waals surface area contributed by atoms with Gasteiger partial charge in [-0.15, -0.1) is 0 Å². The summed E-state index contributed by atoms with van der Waals surface area (Å²) in [7, 11) is 0. The summed E-state index contributed by atoms with van der Waals surface area (Å²) in [6.07, 6.45) is 6.95. The number of nitrogens with one attached hydrogen (secondary N) is 2. The zero-order chi connectivity index (χ0) is 23.0. The molecule has 0 aliphatic heterocycles. The maximum Gasteiger partial charge on any atom is 0.168 e. The van der Waals surface area contributed by atoms with Crippen LogP contribution in [0.1, 0.15) is 62.9 Å². The van der Waals surface area contributed by atoms with Crippen molar-refractivity contribution in [3.63, 3.8) is 0 Å². The lowest BCUT2D eigenvalue weighted by Gasteiger charge is -2.12. The van der Waals surface area contributed by atoms with Gasteiger partial charge in [0.1, 0.15) is 11.3 Å². The van der Waals surface area contributed by atoms with E-state index >= 15 is 0 Å². The summed E-state index contributed by atoms with van der Waals surface area (Å²) >= 11 is 0. The number of hydrazine groups is 1. The zero-order valence-corrected chi connectivity index (χ0v) is 19.9. The molecule has 0 spiro atoms. The quantitative estimate of drug-likeness (QED) is 0.152. The average molecular weight is 445 g/mol. The number of para-hydroxylation sites is 1. The number of hydrogen-bond acceptors (Lipinski definition) is 5. The minimum Gasteiger partial charge on any atom is -0.323 e. The largest absolute Gasteiger partial charge is 0.323 e. The summed E-state index contributed by atoms with van der Waals surface area (Å²) in [5, 5.41) is 4.66. The van der Waals surface area contributed by atoms with Crippen LogP contribution < -0.4 is 16.6 Å². The number of nitrogen functional groups attached to an aromatic ring is 1. The number of imidazole rings is 1. The van der Waals surface area contributed by atoms with Crippen molar-refractivity contribution in [1.29, 1.82) is 0 Å². The molecule has 0 amide bonds. The first-order valence-corrected chi connectivity index (χ1v) is 12.3. The third-order valence-corrected chi connectivity index (χ3v) is 6.20. The van der Waals surface area contributed by atoms with Crippen LogP contribution in [0.2, 0.25) is 0 Å². The van der Waals surface area contributed by atoms with Crippen molar-refractivity contribution in [1.82, 2.24) is 19.9 Å². The number of nitrogens with zero attached hydrogens (tertiary/aromatic N) is 3. The highest BCUT2D eigenvalue weighted by Crippen LogP contribution is 2.31. The van der Waals surface area contributed by atoms with Gasteiger partial charge in [0.2, 0.25) is 0 Å². The van der Waals surface area contributed by atoms with Crippen LogP contribution in [0.3, 0.4) is 0 Å². The Balaban J connectivity index is 1.65. The van der Waals surface area contributed by atoms with Crippen LogP contribution in [-0.2, 0) is 19.5 Å². The number of fused-ring (bicyclic) bond motifs is 3. The maximum absolute atomic E-state index is 5.83. The molecule has 0 saturated carbocycles. The van der Waals surface area contributed by atoms with Gasteiger partial charge in [-0.3, -0.25) is 0 Å². The van der Waals surface area contributed by atoms with E-state index < -0.39 is 0 Å². The van der Waals surface area contributed by atoms with Gasteiger partial charge < -0.3 is 15.3 Å². The van der Waals surface area contributed by atoms with E-state index in [1.54, 1.807) is 0 Å². The second-order valence-corrected chi connectivity index (χ2v) is 8.74. The molecule has 0 radical (unpaired) electrons. The predicted molar refractivity (Wildman–Crippen MR) is 138 cm³/mol. The van der Waals surface area contributed by atoms with Gasteiger partial charge in [-0.1, -0.05) is 75.6 Å². The minimum atomic E-state index is 0.629. The lowest BCUT2D eigenvalue weighted by molar-refractivity contribution is 0.616. The number of pyridine rings is 1. The number of unbranched alkanes of at least 4 members (excludes halogenated alkanes) is 3. The molecule has 2 aromatic heterocycles. The van der Waals surface area contributed by atoms with Crippen molar-refractivity contribution in [2.75, 3.05) is 12.0 Å². The van der Waals surface area contributed by atoms with E-state index in [0.29, 0.717) is 5.82 Å². The monoisotopic (exact) mass is 444 g/mol. The van der Waals surface area contributed by atoms with Crippen LogP contribution in [0.15, 0.2) is 48.5 Å². The molecular formula is C27H36N6. The zero-order valence-electron chi connectivity index (χ0n) is 19.9. The van der Waals surface area contributed by atoms with Crippen LogP contribution in [0.25, 0.3) is 21.9 Å². The molecule has 4 N–H and O–H groups in total. The first kappa shape index (κ1) is 23.2. The fraction of sp³-hybridized carbons (Fsp3) is 0.407. The molecule has 6 heteroatoms.